The highest BCUT2D eigenvalue weighted by molar-refractivity contribution is 5.28. The molecule has 0 saturated carbocycles. The lowest BCUT2D eigenvalue weighted by atomic mass is 10.1. The van der Waals surface area contributed by atoms with Crippen LogP contribution in [0.25, 0.3) is 0 Å². The van der Waals surface area contributed by atoms with Crippen LogP contribution in [0.1, 0.15) is 24.1 Å². The van der Waals surface area contributed by atoms with Crippen molar-refractivity contribution in [2.75, 3.05) is 0 Å². The lowest BCUT2D eigenvalue weighted by Crippen LogP contribution is -2.18. The van der Waals surface area contributed by atoms with Crippen LogP contribution in [-0.4, -0.2) is 5.11 Å². The van der Waals surface area contributed by atoms with Gasteiger partial charge in [0.15, 0.2) is 11.6 Å². The molecule has 2 aromatic rings. The number of halogens is 2. The van der Waals surface area contributed by atoms with E-state index in [0.29, 0.717) is 6.54 Å². The number of phenolic OH excluding ortho intramolecular Hbond substituents is 1. The first kappa shape index (κ1) is 13.5. The second-order valence-electron chi connectivity index (χ2n) is 4.44. The Labute approximate surface area is 110 Å². The standard InChI is InChI=1S/C15H15F2NO/c1-10(12-3-2-4-13(16)8-12)18-9-11-5-6-15(19)14(17)7-11/h2-8,10,18-19H,9H2,1H3. The molecule has 1 atom stereocenters. The zero-order valence-corrected chi connectivity index (χ0v) is 10.5. The highest BCUT2D eigenvalue weighted by atomic mass is 19.1. The number of hydrogen-bond acceptors (Lipinski definition) is 2. The molecule has 2 rings (SSSR count). The van der Waals surface area contributed by atoms with Gasteiger partial charge in [-0.1, -0.05) is 18.2 Å². The first-order valence-electron chi connectivity index (χ1n) is 6.02. The van der Waals surface area contributed by atoms with Crippen molar-refractivity contribution in [1.82, 2.24) is 5.32 Å². The van der Waals surface area contributed by atoms with Gasteiger partial charge in [0.05, 0.1) is 0 Å². The molecule has 0 saturated heterocycles. The second kappa shape index (κ2) is 5.80. The third-order valence-electron chi connectivity index (χ3n) is 2.97. The van der Waals surface area contributed by atoms with E-state index in [9.17, 15) is 8.78 Å². The van der Waals surface area contributed by atoms with E-state index >= 15 is 0 Å². The highest BCUT2D eigenvalue weighted by Gasteiger charge is 2.07. The molecule has 0 spiro atoms. The fourth-order valence-electron chi connectivity index (χ4n) is 1.83. The molecular formula is C15H15F2NO. The van der Waals surface area contributed by atoms with Crippen molar-refractivity contribution in [3.8, 4) is 5.75 Å². The number of aromatic hydroxyl groups is 1. The molecule has 2 aromatic carbocycles. The molecule has 2 nitrogen and oxygen atoms in total. The van der Waals surface area contributed by atoms with Gasteiger partial charge in [0.2, 0.25) is 0 Å². The minimum absolute atomic E-state index is 0.0486. The van der Waals surface area contributed by atoms with Gasteiger partial charge in [0.25, 0.3) is 0 Å². The normalized spacial score (nSPS) is 12.4. The summed E-state index contributed by atoms with van der Waals surface area (Å²) in [5, 5.41) is 12.3. The predicted molar refractivity (Wildman–Crippen MR) is 69.7 cm³/mol. The van der Waals surface area contributed by atoms with E-state index in [2.05, 4.69) is 5.32 Å². The molecule has 0 aliphatic rings. The van der Waals surface area contributed by atoms with Crippen LogP contribution in [-0.2, 0) is 6.54 Å². The van der Waals surface area contributed by atoms with Gasteiger partial charge in [-0.05, 0) is 42.3 Å². The van der Waals surface area contributed by atoms with E-state index in [1.807, 2.05) is 13.0 Å². The average Bonchev–Trinajstić information content (AvgIpc) is 2.40. The molecule has 0 fully saturated rings. The summed E-state index contributed by atoms with van der Waals surface area (Å²) in [5.74, 6) is -1.28. The topological polar surface area (TPSA) is 32.3 Å². The van der Waals surface area contributed by atoms with E-state index in [1.165, 1.54) is 24.3 Å². The lowest BCUT2D eigenvalue weighted by Gasteiger charge is -2.14. The second-order valence-corrected chi connectivity index (χ2v) is 4.44. The van der Waals surface area contributed by atoms with Crippen LogP contribution in [0.3, 0.4) is 0 Å². The van der Waals surface area contributed by atoms with E-state index in [0.717, 1.165) is 11.1 Å². The van der Waals surface area contributed by atoms with Crippen molar-refractivity contribution in [1.29, 1.82) is 0 Å². The minimum Gasteiger partial charge on any atom is -0.505 e. The number of rotatable bonds is 4. The molecule has 2 N–H and O–H groups in total. The van der Waals surface area contributed by atoms with Crippen LogP contribution in [0.2, 0.25) is 0 Å². The molecule has 0 aromatic heterocycles. The van der Waals surface area contributed by atoms with Crippen molar-refractivity contribution >= 4 is 0 Å². The Morgan fingerprint density at radius 1 is 1.16 bits per heavy atom. The largest absolute Gasteiger partial charge is 0.505 e. The Bertz CT molecular complexity index is 572. The molecule has 0 aliphatic carbocycles. The third-order valence-corrected chi connectivity index (χ3v) is 2.97. The highest BCUT2D eigenvalue weighted by Crippen LogP contribution is 2.18. The Balaban J connectivity index is 2.00. The lowest BCUT2D eigenvalue weighted by molar-refractivity contribution is 0.431. The summed E-state index contributed by atoms with van der Waals surface area (Å²) in [6, 6.07) is 10.5. The monoisotopic (exact) mass is 263 g/mol. The molecule has 4 heteroatoms. The van der Waals surface area contributed by atoms with Gasteiger partial charge < -0.3 is 10.4 Å². The molecule has 0 heterocycles. The summed E-state index contributed by atoms with van der Waals surface area (Å²) in [5.41, 5.74) is 1.55. The van der Waals surface area contributed by atoms with Crippen molar-refractivity contribution in [3.63, 3.8) is 0 Å². The molecule has 19 heavy (non-hydrogen) atoms. The summed E-state index contributed by atoms with van der Waals surface area (Å²) >= 11 is 0. The maximum Gasteiger partial charge on any atom is 0.165 e. The van der Waals surface area contributed by atoms with Crippen LogP contribution in [0, 0.1) is 11.6 Å². The van der Waals surface area contributed by atoms with Crippen LogP contribution in [0.5, 0.6) is 5.75 Å². The van der Waals surface area contributed by atoms with Crippen molar-refractivity contribution in [2.45, 2.75) is 19.5 Å². The third kappa shape index (κ3) is 3.51. The van der Waals surface area contributed by atoms with Gasteiger partial charge in [-0.15, -0.1) is 0 Å². The zero-order valence-electron chi connectivity index (χ0n) is 10.5. The smallest absolute Gasteiger partial charge is 0.165 e. The van der Waals surface area contributed by atoms with E-state index < -0.39 is 5.82 Å². The summed E-state index contributed by atoms with van der Waals surface area (Å²) in [4.78, 5) is 0. The molecule has 0 radical (unpaired) electrons. The summed E-state index contributed by atoms with van der Waals surface area (Å²) in [7, 11) is 0. The van der Waals surface area contributed by atoms with Crippen LogP contribution >= 0.6 is 0 Å². The zero-order chi connectivity index (χ0) is 13.8. The first-order valence-corrected chi connectivity index (χ1v) is 6.02. The van der Waals surface area contributed by atoms with Crippen LogP contribution < -0.4 is 5.32 Å². The molecule has 0 aliphatic heterocycles. The number of benzene rings is 2. The van der Waals surface area contributed by atoms with Crippen molar-refractivity contribution in [3.05, 3.63) is 65.2 Å². The van der Waals surface area contributed by atoms with E-state index in [1.54, 1.807) is 12.1 Å². The van der Waals surface area contributed by atoms with Crippen LogP contribution in [0.4, 0.5) is 8.78 Å². The number of hydrogen-bond donors (Lipinski definition) is 2. The fraction of sp³-hybridized carbons (Fsp3) is 0.200. The van der Waals surface area contributed by atoms with Crippen molar-refractivity contribution < 1.29 is 13.9 Å². The van der Waals surface area contributed by atoms with Gasteiger partial charge >= 0.3 is 0 Å². The maximum absolute atomic E-state index is 13.2. The number of nitrogens with one attached hydrogen (secondary N) is 1. The first-order chi connectivity index (χ1) is 9.06. The fourth-order valence-corrected chi connectivity index (χ4v) is 1.83. The van der Waals surface area contributed by atoms with Gasteiger partial charge in [0.1, 0.15) is 5.82 Å². The summed E-state index contributed by atoms with van der Waals surface area (Å²) in [6.45, 7) is 2.35. The van der Waals surface area contributed by atoms with E-state index in [-0.39, 0.29) is 17.6 Å². The SMILES string of the molecule is CC(NCc1ccc(O)c(F)c1)c1cccc(F)c1. The molecule has 1 unspecified atom stereocenters. The Hall–Kier alpha value is -1.94. The van der Waals surface area contributed by atoms with Gasteiger partial charge in [-0.2, -0.15) is 0 Å². The van der Waals surface area contributed by atoms with Gasteiger partial charge in [-0.25, -0.2) is 8.78 Å². The van der Waals surface area contributed by atoms with Crippen molar-refractivity contribution in [2.24, 2.45) is 0 Å². The quantitative estimate of drug-likeness (QED) is 0.884. The Morgan fingerprint density at radius 2 is 1.95 bits per heavy atom. The molecule has 0 amide bonds. The van der Waals surface area contributed by atoms with Gasteiger partial charge in [0, 0.05) is 12.6 Å². The summed E-state index contributed by atoms with van der Waals surface area (Å²) in [6.07, 6.45) is 0. The average molecular weight is 263 g/mol. The van der Waals surface area contributed by atoms with Crippen LogP contribution in [0.15, 0.2) is 42.5 Å². The number of phenols is 1. The minimum atomic E-state index is -0.641. The summed E-state index contributed by atoms with van der Waals surface area (Å²) < 4.78 is 26.2. The van der Waals surface area contributed by atoms with E-state index in [4.69, 9.17) is 5.11 Å². The molecule has 100 valence electrons. The molecule has 0 bridgehead atoms. The molecular weight excluding hydrogens is 248 g/mol. The predicted octanol–water partition coefficient (Wildman–Crippen LogP) is 3.52. The maximum atomic E-state index is 13.2. The Kier molecular flexibility index (Phi) is 4.12. The van der Waals surface area contributed by atoms with Gasteiger partial charge in [-0.3, -0.25) is 0 Å². The Morgan fingerprint density at radius 3 is 2.63 bits per heavy atom.